The smallest absolute Gasteiger partial charge is 0.264 e. The maximum Gasteiger partial charge on any atom is 0.264 e. The van der Waals surface area contributed by atoms with Gasteiger partial charge in [0.2, 0.25) is 5.91 Å². The van der Waals surface area contributed by atoms with E-state index in [1.807, 2.05) is 0 Å². The molecule has 0 spiro atoms. The van der Waals surface area contributed by atoms with Gasteiger partial charge in [-0.1, -0.05) is 0 Å². The van der Waals surface area contributed by atoms with Gasteiger partial charge in [-0.05, 0) is 31.2 Å². The predicted octanol–water partition coefficient (Wildman–Crippen LogP) is 0.727. The summed E-state index contributed by atoms with van der Waals surface area (Å²) in [5, 5.41) is 7.22. The number of anilines is 1. The van der Waals surface area contributed by atoms with Gasteiger partial charge < -0.3 is 16.4 Å². The summed E-state index contributed by atoms with van der Waals surface area (Å²) in [5.74, 6) is -0.438. The first kappa shape index (κ1) is 11.9. The Bertz CT molecular complexity index is 440. The summed E-state index contributed by atoms with van der Waals surface area (Å²) >= 11 is 1.27. The van der Waals surface area contributed by atoms with E-state index in [2.05, 4.69) is 10.6 Å². The second kappa shape index (κ2) is 4.75. The standard InChI is InChI=1S/C11H15N3O2S/c1-6(10(15)14-7-2-3-7)13-11(16)9-8(12)4-5-17-9/h4-7H,2-3,12H2,1H3,(H,13,16)(H,14,15). The lowest BCUT2D eigenvalue weighted by atomic mass is 10.3. The molecule has 1 aliphatic carbocycles. The predicted molar refractivity (Wildman–Crippen MR) is 66.8 cm³/mol. The summed E-state index contributed by atoms with van der Waals surface area (Å²) in [6.07, 6.45) is 2.06. The van der Waals surface area contributed by atoms with Crippen molar-refractivity contribution in [1.82, 2.24) is 10.6 Å². The van der Waals surface area contributed by atoms with E-state index in [9.17, 15) is 9.59 Å². The molecule has 5 nitrogen and oxygen atoms in total. The molecule has 0 saturated heterocycles. The number of nitrogens with one attached hydrogen (secondary N) is 2. The molecule has 0 aliphatic heterocycles. The van der Waals surface area contributed by atoms with Crippen molar-refractivity contribution in [2.75, 3.05) is 5.73 Å². The number of nitrogen functional groups attached to an aromatic ring is 1. The molecular formula is C11H15N3O2S. The number of carbonyl (C=O) groups excluding carboxylic acids is 2. The number of hydrogen-bond acceptors (Lipinski definition) is 4. The van der Waals surface area contributed by atoms with Gasteiger partial charge in [-0.25, -0.2) is 0 Å². The van der Waals surface area contributed by atoms with Crippen LogP contribution in [0.3, 0.4) is 0 Å². The van der Waals surface area contributed by atoms with Crippen molar-refractivity contribution in [1.29, 1.82) is 0 Å². The molecule has 1 heterocycles. The third kappa shape index (κ3) is 2.97. The van der Waals surface area contributed by atoms with E-state index in [4.69, 9.17) is 5.73 Å². The first-order valence-electron chi connectivity index (χ1n) is 5.52. The van der Waals surface area contributed by atoms with Crippen LogP contribution in [0.4, 0.5) is 5.69 Å². The van der Waals surface area contributed by atoms with Gasteiger partial charge in [-0.3, -0.25) is 9.59 Å². The van der Waals surface area contributed by atoms with Crippen LogP contribution in [-0.2, 0) is 4.79 Å². The van der Waals surface area contributed by atoms with Gasteiger partial charge in [-0.15, -0.1) is 11.3 Å². The molecular weight excluding hydrogens is 238 g/mol. The van der Waals surface area contributed by atoms with E-state index in [0.29, 0.717) is 16.6 Å². The van der Waals surface area contributed by atoms with Crippen LogP contribution >= 0.6 is 11.3 Å². The fraction of sp³-hybridized carbons (Fsp3) is 0.455. The maximum absolute atomic E-state index is 11.8. The van der Waals surface area contributed by atoms with Crippen LogP contribution in [0.2, 0.25) is 0 Å². The molecule has 92 valence electrons. The molecule has 0 radical (unpaired) electrons. The van der Waals surface area contributed by atoms with Crippen LogP contribution in [0.1, 0.15) is 29.4 Å². The molecule has 6 heteroatoms. The Labute approximate surface area is 103 Å². The number of rotatable bonds is 4. The lowest BCUT2D eigenvalue weighted by Crippen LogP contribution is -2.45. The van der Waals surface area contributed by atoms with Crippen molar-refractivity contribution in [3.63, 3.8) is 0 Å². The highest BCUT2D eigenvalue weighted by molar-refractivity contribution is 7.12. The first-order valence-corrected chi connectivity index (χ1v) is 6.40. The van der Waals surface area contributed by atoms with Gasteiger partial charge in [0.25, 0.3) is 5.91 Å². The number of hydrogen-bond donors (Lipinski definition) is 3. The van der Waals surface area contributed by atoms with Crippen LogP contribution in [0.25, 0.3) is 0 Å². The molecule has 1 aromatic heterocycles. The second-order valence-corrected chi connectivity index (χ2v) is 5.10. The number of nitrogens with two attached hydrogens (primary N) is 1. The molecule has 2 rings (SSSR count). The third-order valence-corrected chi connectivity index (χ3v) is 3.50. The van der Waals surface area contributed by atoms with Gasteiger partial charge in [0, 0.05) is 6.04 Å². The van der Waals surface area contributed by atoms with E-state index < -0.39 is 6.04 Å². The Morgan fingerprint density at radius 1 is 1.53 bits per heavy atom. The Balaban J connectivity index is 1.89. The number of carbonyl (C=O) groups is 2. The summed E-state index contributed by atoms with van der Waals surface area (Å²) in [6, 6.07) is 1.44. The highest BCUT2D eigenvalue weighted by Crippen LogP contribution is 2.19. The zero-order valence-corrected chi connectivity index (χ0v) is 10.3. The minimum absolute atomic E-state index is 0.143. The highest BCUT2D eigenvalue weighted by atomic mass is 32.1. The molecule has 1 unspecified atom stereocenters. The summed E-state index contributed by atoms with van der Waals surface area (Å²) in [5.41, 5.74) is 6.08. The van der Waals surface area contributed by atoms with E-state index in [1.54, 1.807) is 18.4 Å². The summed E-state index contributed by atoms with van der Waals surface area (Å²) in [6.45, 7) is 1.67. The van der Waals surface area contributed by atoms with E-state index in [-0.39, 0.29) is 11.8 Å². The summed E-state index contributed by atoms with van der Waals surface area (Å²) in [4.78, 5) is 23.9. The minimum atomic E-state index is -0.537. The number of thiophene rings is 1. The third-order valence-electron chi connectivity index (χ3n) is 2.57. The zero-order chi connectivity index (χ0) is 12.4. The lowest BCUT2D eigenvalue weighted by Gasteiger charge is -2.13. The number of amides is 2. The van der Waals surface area contributed by atoms with E-state index >= 15 is 0 Å². The lowest BCUT2D eigenvalue weighted by molar-refractivity contribution is -0.122. The Morgan fingerprint density at radius 2 is 2.24 bits per heavy atom. The largest absolute Gasteiger partial charge is 0.397 e. The molecule has 0 aromatic carbocycles. The fourth-order valence-corrected chi connectivity index (χ4v) is 2.11. The summed E-state index contributed by atoms with van der Waals surface area (Å²) < 4.78 is 0. The Kier molecular flexibility index (Phi) is 3.33. The zero-order valence-electron chi connectivity index (χ0n) is 9.53. The van der Waals surface area contributed by atoms with Gasteiger partial charge >= 0.3 is 0 Å². The minimum Gasteiger partial charge on any atom is -0.397 e. The average Bonchev–Trinajstić information content (AvgIpc) is 2.98. The van der Waals surface area contributed by atoms with Crippen LogP contribution in [-0.4, -0.2) is 23.9 Å². The molecule has 1 fully saturated rings. The molecule has 4 N–H and O–H groups in total. The quantitative estimate of drug-likeness (QED) is 0.739. The van der Waals surface area contributed by atoms with E-state index in [1.165, 1.54) is 11.3 Å². The molecule has 17 heavy (non-hydrogen) atoms. The molecule has 1 aromatic rings. The van der Waals surface area contributed by atoms with Crippen molar-refractivity contribution >= 4 is 28.8 Å². The fourth-order valence-electron chi connectivity index (χ4n) is 1.39. The van der Waals surface area contributed by atoms with Crippen molar-refractivity contribution in [2.24, 2.45) is 0 Å². The normalized spacial score (nSPS) is 16.3. The summed E-state index contributed by atoms with van der Waals surface area (Å²) in [7, 11) is 0. The van der Waals surface area contributed by atoms with Crippen molar-refractivity contribution < 1.29 is 9.59 Å². The van der Waals surface area contributed by atoms with Crippen LogP contribution < -0.4 is 16.4 Å². The van der Waals surface area contributed by atoms with E-state index in [0.717, 1.165) is 12.8 Å². The van der Waals surface area contributed by atoms with Gasteiger partial charge in [0.05, 0.1) is 5.69 Å². The first-order chi connectivity index (χ1) is 8.08. The second-order valence-electron chi connectivity index (χ2n) is 4.18. The topological polar surface area (TPSA) is 84.2 Å². The van der Waals surface area contributed by atoms with Gasteiger partial charge in [0.15, 0.2) is 0 Å². The van der Waals surface area contributed by atoms with Gasteiger partial charge in [-0.2, -0.15) is 0 Å². The monoisotopic (exact) mass is 253 g/mol. The Hall–Kier alpha value is -1.56. The maximum atomic E-state index is 11.8. The van der Waals surface area contributed by atoms with Crippen LogP contribution in [0, 0.1) is 0 Å². The molecule has 1 saturated carbocycles. The average molecular weight is 253 g/mol. The van der Waals surface area contributed by atoms with Crippen LogP contribution in [0.15, 0.2) is 11.4 Å². The van der Waals surface area contributed by atoms with Crippen molar-refractivity contribution in [2.45, 2.75) is 31.8 Å². The molecule has 2 amide bonds. The van der Waals surface area contributed by atoms with Crippen LogP contribution in [0.5, 0.6) is 0 Å². The van der Waals surface area contributed by atoms with Gasteiger partial charge in [0.1, 0.15) is 10.9 Å². The highest BCUT2D eigenvalue weighted by Gasteiger charge is 2.26. The van der Waals surface area contributed by atoms with Crippen molar-refractivity contribution in [3.8, 4) is 0 Å². The Morgan fingerprint density at radius 3 is 2.76 bits per heavy atom. The SMILES string of the molecule is CC(NC(=O)c1sccc1N)C(=O)NC1CC1. The molecule has 1 atom stereocenters. The van der Waals surface area contributed by atoms with Crippen molar-refractivity contribution in [3.05, 3.63) is 16.3 Å². The molecule has 1 aliphatic rings. The molecule has 0 bridgehead atoms.